The van der Waals surface area contributed by atoms with E-state index in [0.29, 0.717) is 28.9 Å². The minimum absolute atomic E-state index is 0. The van der Waals surface area contributed by atoms with Gasteiger partial charge in [0.1, 0.15) is 5.82 Å². The molecule has 1 aliphatic rings. The molecule has 1 aromatic heterocycles. The fourth-order valence-corrected chi connectivity index (χ4v) is 3.07. The summed E-state index contributed by atoms with van der Waals surface area (Å²) in [6, 6.07) is 6.23. The van der Waals surface area contributed by atoms with Gasteiger partial charge in [-0.3, -0.25) is 9.78 Å². The average molecular weight is 402 g/mol. The molecule has 0 radical (unpaired) electrons. The van der Waals surface area contributed by atoms with Crippen molar-refractivity contribution in [1.29, 1.82) is 0 Å². The van der Waals surface area contributed by atoms with Crippen LogP contribution in [0.3, 0.4) is 0 Å². The molecule has 4 nitrogen and oxygen atoms in total. The number of amides is 1. The highest BCUT2D eigenvalue weighted by atomic mass is 35.5. The van der Waals surface area contributed by atoms with Crippen molar-refractivity contribution in [3.05, 3.63) is 41.3 Å². The van der Waals surface area contributed by atoms with Crippen molar-refractivity contribution < 1.29 is 9.18 Å². The SMILES string of the molecule is CCC(CC)(CN)NC(=O)c1cc(C2CC2)nc2ccc(F)cc12.Cl.Cl. The van der Waals surface area contributed by atoms with Crippen LogP contribution in [-0.4, -0.2) is 23.0 Å². The quantitative estimate of drug-likeness (QED) is 0.755. The van der Waals surface area contributed by atoms with Crippen molar-refractivity contribution >= 4 is 41.6 Å². The third-order valence-electron chi connectivity index (χ3n) is 5.15. The highest BCUT2D eigenvalue weighted by Gasteiger charge is 2.30. The highest BCUT2D eigenvalue weighted by molar-refractivity contribution is 6.06. The zero-order chi connectivity index (χ0) is 17.3. The first-order valence-corrected chi connectivity index (χ1v) is 8.64. The highest BCUT2D eigenvalue weighted by Crippen LogP contribution is 2.40. The molecule has 1 aromatic carbocycles. The Bertz CT molecular complexity index is 768. The van der Waals surface area contributed by atoms with Crippen molar-refractivity contribution in [2.75, 3.05) is 6.54 Å². The van der Waals surface area contributed by atoms with Crippen LogP contribution in [0.1, 0.15) is 61.5 Å². The standard InChI is InChI=1S/C19H24FN3O.2ClH/c1-3-19(4-2,11-21)23-18(24)15-10-17(12-5-6-12)22-16-8-7-13(20)9-14(15)16;;/h7-10,12H,3-6,11,21H2,1-2H3,(H,23,24);2*1H. The van der Waals surface area contributed by atoms with Gasteiger partial charge in [0.15, 0.2) is 0 Å². The number of nitrogens with two attached hydrogens (primary N) is 1. The Morgan fingerprint density at radius 3 is 2.46 bits per heavy atom. The molecule has 1 aliphatic carbocycles. The van der Waals surface area contributed by atoms with Gasteiger partial charge in [-0.05, 0) is 49.9 Å². The van der Waals surface area contributed by atoms with E-state index in [4.69, 9.17) is 5.73 Å². The average Bonchev–Trinajstić information content (AvgIpc) is 3.44. The lowest BCUT2D eigenvalue weighted by Gasteiger charge is -2.31. The summed E-state index contributed by atoms with van der Waals surface area (Å²) in [6.45, 7) is 4.39. The number of halogens is 3. The van der Waals surface area contributed by atoms with Gasteiger partial charge in [0.2, 0.25) is 0 Å². The van der Waals surface area contributed by atoms with Gasteiger partial charge in [-0.25, -0.2) is 4.39 Å². The lowest BCUT2D eigenvalue weighted by atomic mass is 9.92. The molecule has 3 N–H and O–H groups in total. The molecule has 3 rings (SSSR count). The number of carbonyl (C=O) groups is 1. The smallest absolute Gasteiger partial charge is 0.252 e. The Hall–Kier alpha value is -1.43. The number of fused-ring (bicyclic) bond motifs is 1. The lowest BCUT2D eigenvalue weighted by Crippen LogP contribution is -2.52. The van der Waals surface area contributed by atoms with Crippen LogP contribution in [0.5, 0.6) is 0 Å². The Balaban J connectivity index is 0.00000169. The monoisotopic (exact) mass is 401 g/mol. The number of rotatable bonds is 6. The predicted octanol–water partition coefficient (Wildman–Crippen LogP) is 4.34. The van der Waals surface area contributed by atoms with E-state index in [1.165, 1.54) is 12.1 Å². The molecule has 144 valence electrons. The second-order valence-corrected chi connectivity index (χ2v) is 6.68. The maximum absolute atomic E-state index is 13.7. The maximum Gasteiger partial charge on any atom is 0.252 e. The van der Waals surface area contributed by atoms with Crippen LogP contribution in [0, 0.1) is 5.82 Å². The van der Waals surface area contributed by atoms with Crippen molar-refractivity contribution in [3.63, 3.8) is 0 Å². The maximum atomic E-state index is 13.7. The summed E-state index contributed by atoms with van der Waals surface area (Å²) in [5.41, 5.74) is 7.54. The van der Waals surface area contributed by atoms with Gasteiger partial charge in [-0.2, -0.15) is 0 Å². The van der Waals surface area contributed by atoms with E-state index in [0.717, 1.165) is 31.4 Å². The number of pyridine rings is 1. The number of benzene rings is 1. The fourth-order valence-electron chi connectivity index (χ4n) is 3.07. The van der Waals surface area contributed by atoms with Crippen molar-refractivity contribution in [2.45, 2.75) is 51.0 Å². The fraction of sp³-hybridized carbons (Fsp3) is 0.474. The van der Waals surface area contributed by atoms with Gasteiger partial charge in [-0.1, -0.05) is 13.8 Å². The van der Waals surface area contributed by atoms with Gasteiger partial charge in [0, 0.05) is 23.5 Å². The number of carbonyl (C=O) groups excluding carboxylic acids is 1. The molecule has 1 saturated carbocycles. The largest absolute Gasteiger partial charge is 0.345 e. The second-order valence-electron chi connectivity index (χ2n) is 6.68. The van der Waals surface area contributed by atoms with E-state index in [1.807, 2.05) is 19.9 Å². The van der Waals surface area contributed by atoms with Gasteiger partial charge in [-0.15, -0.1) is 24.8 Å². The molecule has 0 unspecified atom stereocenters. The zero-order valence-electron chi connectivity index (χ0n) is 15.0. The number of aromatic nitrogens is 1. The van der Waals surface area contributed by atoms with Gasteiger partial charge < -0.3 is 11.1 Å². The van der Waals surface area contributed by atoms with E-state index >= 15 is 0 Å². The first-order chi connectivity index (χ1) is 11.5. The second kappa shape index (κ2) is 8.98. The Kier molecular flexibility index (Phi) is 7.81. The normalized spacial score (nSPS) is 13.7. The molecule has 0 bridgehead atoms. The van der Waals surface area contributed by atoms with Crippen LogP contribution < -0.4 is 11.1 Å². The summed E-state index contributed by atoms with van der Waals surface area (Å²) in [7, 11) is 0. The molecule has 0 spiro atoms. The lowest BCUT2D eigenvalue weighted by molar-refractivity contribution is 0.0897. The molecule has 26 heavy (non-hydrogen) atoms. The molecule has 1 amide bonds. The summed E-state index contributed by atoms with van der Waals surface area (Å²) < 4.78 is 13.7. The summed E-state index contributed by atoms with van der Waals surface area (Å²) >= 11 is 0. The third kappa shape index (κ3) is 4.45. The summed E-state index contributed by atoms with van der Waals surface area (Å²) in [6.07, 6.45) is 3.69. The van der Waals surface area contributed by atoms with Crippen LogP contribution in [0.15, 0.2) is 24.3 Å². The molecule has 1 heterocycles. The molecule has 0 saturated heterocycles. The van der Waals surface area contributed by atoms with Gasteiger partial charge in [0.25, 0.3) is 5.91 Å². The van der Waals surface area contributed by atoms with Crippen molar-refractivity contribution in [2.24, 2.45) is 5.73 Å². The Morgan fingerprint density at radius 1 is 1.27 bits per heavy atom. The Labute approximate surface area is 165 Å². The first-order valence-electron chi connectivity index (χ1n) is 8.64. The minimum atomic E-state index is -0.431. The van der Waals surface area contributed by atoms with Gasteiger partial charge >= 0.3 is 0 Å². The van der Waals surface area contributed by atoms with Crippen LogP contribution in [0.2, 0.25) is 0 Å². The summed E-state index contributed by atoms with van der Waals surface area (Å²) in [5.74, 6) is -0.153. The van der Waals surface area contributed by atoms with Crippen LogP contribution >= 0.6 is 24.8 Å². The Morgan fingerprint density at radius 2 is 1.92 bits per heavy atom. The molecular weight excluding hydrogens is 376 g/mol. The number of hydrogen-bond acceptors (Lipinski definition) is 3. The number of hydrogen-bond donors (Lipinski definition) is 2. The number of nitrogens with zero attached hydrogens (tertiary/aromatic N) is 1. The van der Waals surface area contributed by atoms with E-state index in [1.54, 1.807) is 6.07 Å². The van der Waals surface area contributed by atoms with Crippen LogP contribution in [0.25, 0.3) is 10.9 Å². The van der Waals surface area contributed by atoms with E-state index in [2.05, 4.69) is 10.3 Å². The van der Waals surface area contributed by atoms with E-state index < -0.39 is 5.54 Å². The zero-order valence-corrected chi connectivity index (χ0v) is 16.7. The third-order valence-corrected chi connectivity index (χ3v) is 5.15. The van der Waals surface area contributed by atoms with E-state index in [-0.39, 0.29) is 36.5 Å². The van der Waals surface area contributed by atoms with Gasteiger partial charge in [0.05, 0.1) is 16.6 Å². The topological polar surface area (TPSA) is 68.0 Å². The molecular formula is C19H26Cl2FN3O. The molecule has 2 aromatic rings. The van der Waals surface area contributed by atoms with Crippen LogP contribution in [0.4, 0.5) is 4.39 Å². The van der Waals surface area contributed by atoms with E-state index in [9.17, 15) is 9.18 Å². The first kappa shape index (κ1) is 22.6. The summed E-state index contributed by atoms with van der Waals surface area (Å²) in [5, 5.41) is 3.63. The summed E-state index contributed by atoms with van der Waals surface area (Å²) in [4.78, 5) is 17.5. The molecule has 7 heteroatoms. The molecule has 0 aliphatic heterocycles. The van der Waals surface area contributed by atoms with Crippen LogP contribution in [-0.2, 0) is 0 Å². The number of nitrogens with one attached hydrogen (secondary N) is 1. The molecule has 0 atom stereocenters. The molecule has 1 fully saturated rings. The van der Waals surface area contributed by atoms with Crippen molar-refractivity contribution in [3.8, 4) is 0 Å². The van der Waals surface area contributed by atoms with Crippen molar-refractivity contribution in [1.82, 2.24) is 10.3 Å². The minimum Gasteiger partial charge on any atom is -0.345 e. The predicted molar refractivity (Wildman–Crippen MR) is 108 cm³/mol.